The molecule has 0 unspecified atom stereocenters. The number of benzene rings is 1. The van der Waals surface area contributed by atoms with Crippen LogP contribution in [0, 0.1) is 18.3 Å². The quantitative estimate of drug-likeness (QED) is 0.865. The van der Waals surface area contributed by atoms with Crippen molar-refractivity contribution in [1.29, 1.82) is 5.26 Å². The van der Waals surface area contributed by atoms with Gasteiger partial charge in [-0.2, -0.15) is 5.26 Å². The molecule has 0 aliphatic carbocycles. The molecule has 1 aromatic carbocycles. The summed E-state index contributed by atoms with van der Waals surface area (Å²) in [5, 5.41) is 25.8. The number of nitrogens with zero attached hydrogens (tertiary/aromatic N) is 4. The van der Waals surface area contributed by atoms with Crippen LogP contribution in [0.1, 0.15) is 28.9 Å². The smallest absolute Gasteiger partial charge is 0.185 e. The van der Waals surface area contributed by atoms with Gasteiger partial charge in [0.25, 0.3) is 0 Å². The number of aliphatic hydroxyl groups excluding tert-OH is 1. The average Bonchev–Trinajstić information content (AvgIpc) is 2.86. The molecule has 0 spiro atoms. The van der Waals surface area contributed by atoms with Crippen molar-refractivity contribution in [2.24, 2.45) is 0 Å². The van der Waals surface area contributed by atoms with Crippen molar-refractivity contribution in [1.82, 2.24) is 15.0 Å². The van der Waals surface area contributed by atoms with Crippen molar-refractivity contribution in [3.63, 3.8) is 0 Å². The minimum atomic E-state index is 0.110. The summed E-state index contributed by atoms with van der Waals surface area (Å²) in [5.41, 5.74) is 3.70. The number of rotatable bonds is 6. The topological polar surface area (TPSA) is 74.7 Å². The number of nitriles is 1. The maximum atomic E-state index is 9.08. The van der Waals surface area contributed by atoms with E-state index in [1.165, 1.54) is 11.1 Å². The largest absolute Gasteiger partial charge is 0.396 e. The third kappa shape index (κ3) is 3.43. The highest BCUT2D eigenvalue weighted by Crippen LogP contribution is 2.11. The number of aliphatic hydroxyl groups is 1. The lowest BCUT2D eigenvalue weighted by atomic mass is 10.1. The van der Waals surface area contributed by atoms with E-state index < -0.39 is 0 Å². The van der Waals surface area contributed by atoms with Crippen LogP contribution in [0.4, 0.5) is 0 Å². The van der Waals surface area contributed by atoms with Crippen molar-refractivity contribution >= 4 is 0 Å². The van der Waals surface area contributed by atoms with E-state index in [0.717, 1.165) is 18.5 Å². The fraction of sp³-hybridized carbons (Fsp3) is 0.400. The second kappa shape index (κ2) is 6.83. The normalized spacial score (nSPS) is 10.4. The highest BCUT2D eigenvalue weighted by Gasteiger charge is 2.12. The number of hydrogen-bond acceptors (Lipinski definition) is 4. The van der Waals surface area contributed by atoms with Crippen LogP contribution >= 0.6 is 0 Å². The molecule has 0 amide bonds. The number of hydrogen-bond donors (Lipinski definition) is 1. The predicted octanol–water partition coefficient (Wildman–Crippen LogP) is 1.63. The Kier molecular flexibility index (Phi) is 4.85. The summed E-state index contributed by atoms with van der Waals surface area (Å²) < 4.78 is 1.73. The second-order valence-electron chi connectivity index (χ2n) is 4.78. The average molecular weight is 270 g/mol. The molecule has 0 atom stereocenters. The Hall–Kier alpha value is -2.19. The van der Waals surface area contributed by atoms with Crippen LogP contribution in [0.3, 0.4) is 0 Å². The molecule has 0 bridgehead atoms. The molecular formula is C15H18N4O. The fourth-order valence-corrected chi connectivity index (χ4v) is 2.08. The van der Waals surface area contributed by atoms with Gasteiger partial charge in [-0.15, -0.1) is 5.10 Å². The van der Waals surface area contributed by atoms with Gasteiger partial charge in [-0.1, -0.05) is 35.0 Å². The zero-order chi connectivity index (χ0) is 14.4. The molecule has 1 N–H and O–H groups in total. The highest BCUT2D eigenvalue weighted by atomic mass is 16.3. The summed E-state index contributed by atoms with van der Waals surface area (Å²) in [7, 11) is 0. The van der Waals surface area contributed by atoms with Crippen molar-refractivity contribution in [2.45, 2.75) is 32.7 Å². The van der Waals surface area contributed by atoms with Gasteiger partial charge >= 0.3 is 0 Å². The van der Waals surface area contributed by atoms with E-state index in [2.05, 4.69) is 47.6 Å². The molecule has 0 aliphatic rings. The molecule has 104 valence electrons. The maximum absolute atomic E-state index is 9.08. The predicted molar refractivity (Wildman–Crippen MR) is 75.0 cm³/mol. The SMILES string of the molecule is Cc1ccc(CCc2c(C#N)nnn2CCCO)cc1. The Bertz CT molecular complexity index is 595. The van der Waals surface area contributed by atoms with Gasteiger partial charge in [-0.05, 0) is 31.7 Å². The minimum absolute atomic E-state index is 0.110. The molecule has 2 aromatic rings. The van der Waals surface area contributed by atoms with Crippen molar-refractivity contribution < 1.29 is 5.11 Å². The Morgan fingerprint density at radius 3 is 2.65 bits per heavy atom. The molecule has 0 fully saturated rings. The Morgan fingerprint density at radius 1 is 1.25 bits per heavy atom. The Balaban J connectivity index is 2.09. The molecule has 1 heterocycles. The molecule has 0 saturated carbocycles. The molecule has 20 heavy (non-hydrogen) atoms. The van der Waals surface area contributed by atoms with Crippen LogP contribution < -0.4 is 0 Å². The van der Waals surface area contributed by atoms with Crippen molar-refractivity contribution in [3.05, 3.63) is 46.8 Å². The van der Waals surface area contributed by atoms with E-state index in [0.29, 0.717) is 18.7 Å². The summed E-state index contributed by atoms with van der Waals surface area (Å²) in [4.78, 5) is 0. The molecule has 5 nitrogen and oxygen atoms in total. The molecule has 0 radical (unpaired) electrons. The lowest BCUT2D eigenvalue weighted by Crippen LogP contribution is -2.08. The van der Waals surface area contributed by atoms with E-state index in [9.17, 15) is 0 Å². The zero-order valence-electron chi connectivity index (χ0n) is 11.6. The van der Waals surface area contributed by atoms with Gasteiger partial charge in [0.2, 0.25) is 0 Å². The van der Waals surface area contributed by atoms with E-state index in [-0.39, 0.29) is 6.61 Å². The summed E-state index contributed by atoms with van der Waals surface area (Å²) in [6.45, 7) is 2.76. The molecule has 0 aliphatic heterocycles. The van der Waals surface area contributed by atoms with E-state index in [1.807, 2.05) is 0 Å². The maximum Gasteiger partial charge on any atom is 0.185 e. The highest BCUT2D eigenvalue weighted by molar-refractivity contribution is 5.27. The van der Waals surface area contributed by atoms with Crippen LogP contribution in [0.15, 0.2) is 24.3 Å². The first kappa shape index (κ1) is 14.2. The van der Waals surface area contributed by atoms with Gasteiger partial charge in [0.1, 0.15) is 6.07 Å². The molecule has 5 heteroatoms. The monoisotopic (exact) mass is 270 g/mol. The molecular weight excluding hydrogens is 252 g/mol. The van der Waals surface area contributed by atoms with Crippen LogP contribution in [-0.2, 0) is 19.4 Å². The number of aryl methyl sites for hydroxylation is 3. The van der Waals surface area contributed by atoms with Crippen LogP contribution in [0.25, 0.3) is 0 Å². The first-order chi connectivity index (χ1) is 9.74. The summed E-state index contributed by atoms with van der Waals surface area (Å²) >= 11 is 0. The van der Waals surface area contributed by atoms with Gasteiger partial charge in [-0.25, -0.2) is 4.68 Å². The van der Waals surface area contributed by atoms with Crippen LogP contribution in [0.5, 0.6) is 0 Å². The van der Waals surface area contributed by atoms with Gasteiger partial charge in [0.15, 0.2) is 5.69 Å². The lowest BCUT2D eigenvalue weighted by Gasteiger charge is -2.06. The third-order valence-corrected chi connectivity index (χ3v) is 3.24. The lowest BCUT2D eigenvalue weighted by molar-refractivity contribution is 0.275. The summed E-state index contributed by atoms with van der Waals surface area (Å²) in [6.07, 6.45) is 2.19. The fourth-order valence-electron chi connectivity index (χ4n) is 2.08. The summed E-state index contributed by atoms with van der Waals surface area (Å²) in [6, 6.07) is 10.5. The zero-order valence-corrected chi connectivity index (χ0v) is 11.6. The van der Waals surface area contributed by atoms with Gasteiger partial charge < -0.3 is 5.11 Å². The van der Waals surface area contributed by atoms with Gasteiger partial charge in [-0.3, -0.25) is 0 Å². The Labute approximate surface area is 118 Å². The molecule has 1 aromatic heterocycles. The van der Waals surface area contributed by atoms with E-state index in [1.54, 1.807) is 4.68 Å². The first-order valence-electron chi connectivity index (χ1n) is 6.73. The van der Waals surface area contributed by atoms with E-state index >= 15 is 0 Å². The van der Waals surface area contributed by atoms with Gasteiger partial charge in [0.05, 0.1) is 5.69 Å². The third-order valence-electron chi connectivity index (χ3n) is 3.24. The van der Waals surface area contributed by atoms with E-state index in [4.69, 9.17) is 10.4 Å². The minimum Gasteiger partial charge on any atom is -0.396 e. The standard InChI is InChI=1S/C15H18N4O/c1-12-3-5-13(6-4-12)7-8-15-14(11-16)17-18-19(15)9-2-10-20/h3-6,20H,2,7-10H2,1H3. The molecule has 0 saturated heterocycles. The van der Waals surface area contributed by atoms with Crippen LogP contribution in [-0.4, -0.2) is 26.7 Å². The van der Waals surface area contributed by atoms with Crippen LogP contribution in [0.2, 0.25) is 0 Å². The van der Waals surface area contributed by atoms with Crippen molar-refractivity contribution in [3.8, 4) is 6.07 Å². The van der Waals surface area contributed by atoms with Crippen molar-refractivity contribution in [2.75, 3.05) is 6.61 Å². The first-order valence-corrected chi connectivity index (χ1v) is 6.73. The Morgan fingerprint density at radius 2 is 2.00 bits per heavy atom. The summed E-state index contributed by atoms with van der Waals surface area (Å²) in [5.74, 6) is 0. The molecule has 2 rings (SSSR count). The second-order valence-corrected chi connectivity index (χ2v) is 4.78. The van der Waals surface area contributed by atoms with Gasteiger partial charge in [0, 0.05) is 13.2 Å². The number of aromatic nitrogens is 3.